The van der Waals surface area contributed by atoms with Crippen molar-refractivity contribution in [2.24, 2.45) is 0 Å². The van der Waals surface area contributed by atoms with E-state index in [0.29, 0.717) is 5.92 Å². The molecule has 1 atom stereocenters. The van der Waals surface area contributed by atoms with Crippen molar-refractivity contribution in [1.29, 1.82) is 0 Å². The van der Waals surface area contributed by atoms with Crippen LogP contribution < -0.4 is 15.4 Å². The van der Waals surface area contributed by atoms with Crippen molar-refractivity contribution in [3.8, 4) is 5.75 Å². The van der Waals surface area contributed by atoms with Gasteiger partial charge in [0, 0.05) is 11.9 Å². The number of rotatable bonds is 2. The van der Waals surface area contributed by atoms with Crippen molar-refractivity contribution in [3.05, 3.63) is 41.7 Å². The summed E-state index contributed by atoms with van der Waals surface area (Å²) >= 11 is 0. The Balaban J connectivity index is 0.000000574. The van der Waals surface area contributed by atoms with Gasteiger partial charge in [-0.1, -0.05) is 32.0 Å². The number of allylic oxidation sites excluding steroid dienone is 1. The molecule has 3 rings (SSSR count). The molecule has 0 amide bonds. The molecule has 0 aromatic heterocycles. The topological polar surface area (TPSA) is 33.3 Å². The second-order valence-corrected chi connectivity index (χ2v) is 4.30. The Kier molecular flexibility index (Phi) is 4.51. The monoisotopic (exact) mass is 246 g/mol. The van der Waals surface area contributed by atoms with Crippen LogP contribution in [0.15, 0.2) is 36.2 Å². The summed E-state index contributed by atoms with van der Waals surface area (Å²) < 4.78 is 5.66. The first-order valence-electron chi connectivity index (χ1n) is 6.81. The average molecular weight is 246 g/mol. The summed E-state index contributed by atoms with van der Waals surface area (Å²) in [6.07, 6.45) is 4.27. The van der Waals surface area contributed by atoms with Gasteiger partial charge in [0.15, 0.2) is 0 Å². The van der Waals surface area contributed by atoms with E-state index in [4.69, 9.17) is 4.74 Å². The third-order valence-electron chi connectivity index (χ3n) is 3.24. The van der Waals surface area contributed by atoms with Crippen LogP contribution in [0.4, 0.5) is 0 Å². The van der Waals surface area contributed by atoms with Gasteiger partial charge in [0.25, 0.3) is 0 Å². The normalized spacial score (nSPS) is 20.3. The molecule has 1 aromatic rings. The molecule has 0 bridgehead atoms. The standard InChI is InChI=1S/C13H16N2O.C2H6/c1-2-4-13-12(3-1)10(5-6-16-13)7-11-8-14-9-15-11;1-2/h1-4,8,10,14-15H,5-7,9H2;1-2H3. The quantitative estimate of drug-likeness (QED) is 0.841. The predicted octanol–water partition coefficient (Wildman–Crippen LogP) is 2.96. The van der Waals surface area contributed by atoms with Crippen LogP contribution >= 0.6 is 0 Å². The first kappa shape index (κ1) is 12.8. The molecule has 0 radical (unpaired) electrons. The molecule has 1 unspecified atom stereocenters. The lowest BCUT2D eigenvalue weighted by Gasteiger charge is -2.26. The molecule has 2 aliphatic rings. The lowest BCUT2D eigenvalue weighted by atomic mass is 9.89. The van der Waals surface area contributed by atoms with E-state index in [9.17, 15) is 0 Å². The van der Waals surface area contributed by atoms with Gasteiger partial charge >= 0.3 is 0 Å². The Morgan fingerprint density at radius 3 is 2.89 bits per heavy atom. The van der Waals surface area contributed by atoms with E-state index in [1.165, 1.54) is 11.3 Å². The van der Waals surface area contributed by atoms with Crippen molar-refractivity contribution in [2.45, 2.75) is 32.6 Å². The van der Waals surface area contributed by atoms with Crippen molar-refractivity contribution < 1.29 is 4.74 Å². The fourth-order valence-corrected chi connectivity index (χ4v) is 2.41. The zero-order chi connectivity index (χ0) is 12.8. The first-order chi connectivity index (χ1) is 8.93. The van der Waals surface area contributed by atoms with Crippen molar-refractivity contribution in [2.75, 3.05) is 13.3 Å². The SMILES string of the molecule is C1=C(CC2CCOc3ccccc32)NCN1.CC. The smallest absolute Gasteiger partial charge is 0.122 e. The first-order valence-corrected chi connectivity index (χ1v) is 6.81. The van der Waals surface area contributed by atoms with Gasteiger partial charge in [-0.3, -0.25) is 0 Å². The maximum Gasteiger partial charge on any atom is 0.122 e. The third kappa shape index (κ3) is 2.78. The Labute approximate surface area is 109 Å². The molecule has 0 aliphatic carbocycles. The molecule has 0 saturated heterocycles. The summed E-state index contributed by atoms with van der Waals surface area (Å²) in [5.41, 5.74) is 2.66. The second-order valence-electron chi connectivity index (χ2n) is 4.30. The van der Waals surface area contributed by atoms with E-state index in [-0.39, 0.29) is 0 Å². The van der Waals surface area contributed by atoms with Gasteiger partial charge in [-0.2, -0.15) is 0 Å². The Hall–Kier alpha value is -1.64. The van der Waals surface area contributed by atoms with Crippen LogP contribution in [0.3, 0.4) is 0 Å². The molecule has 98 valence electrons. The summed E-state index contributed by atoms with van der Waals surface area (Å²) in [5, 5.41) is 6.53. The van der Waals surface area contributed by atoms with Crippen molar-refractivity contribution >= 4 is 0 Å². The van der Waals surface area contributed by atoms with Crippen LogP contribution in [0, 0.1) is 0 Å². The minimum atomic E-state index is 0.587. The summed E-state index contributed by atoms with van der Waals surface area (Å²) in [6.45, 7) is 5.70. The molecule has 18 heavy (non-hydrogen) atoms. The van der Waals surface area contributed by atoms with E-state index in [2.05, 4.69) is 35.0 Å². The maximum absolute atomic E-state index is 5.66. The molecule has 2 heterocycles. The van der Waals surface area contributed by atoms with Crippen LogP contribution in [-0.2, 0) is 0 Å². The lowest BCUT2D eigenvalue weighted by molar-refractivity contribution is 0.266. The Morgan fingerprint density at radius 2 is 2.11 bits per heavy atom. The summed E-state index contributed by atoms with van der Waals surface area (Å²) in [6, 6.07) is 8.38. The van der Waals surface area contributed by atoms with Gasteiger partial charge in [0.1, 0.15) is 5.75 Å². The summed E-state index contributed by atoms with van der Waals surface area (Å²) in [5.74, 6) is 1.65. The highest BCUT2D eigenvalue weighted by Crippen LogP contribution is 2.36. The van der Waals surface area contributed by atoms with Gasteiger partial charge in [0.2, 0.25) is 0 Å². The number of hydrogen-bond acceptors (Lipinski definition) is 3. The average Bonchev–Trinajstić information content (AvgIpc) is 2.95. The van der Waals surface area contributed by atoms with E-state index >= 15 is 0 Å². The molecule has 0 fully saturated rings. The fraction of sp³-hybridized carbons (Fsp3) is 0.467. The Morgan fingerprint density at radius 1 is 1.28 bits per heavy atom. The van der Waals surface area contributed by atoms with E-state index < -0.39 is 0 Å². The highest BCUT2D eigenvalue weighted by Gasteiger charge is 2.22. The number of fused-ring (bicyclic) bond motifs is 1. The fourth-order valence-electron chi connectivity index (χ4n) is 2.41. The number of hydrogen-bond donors (Lipinski definition) is 2. The zero-order valence-corrected chi connectivity index (χ0v) is 11.2. The number of ether oxygens (including phenoxy) is 1. The number of benzene rings is 1. The summed E-state index contributed by atoms with van der Waals surface area (Å²) in [4.78, 5) is 0. The van der Waals surface area contributed by atoms with Crippen LogP contribution in [0.2, 0.25) is 0 Å². The van der Waals surface area contributed by atoms with Crippen LogP contribution in [0.1, 0.15) is 38.2 Å². The molecular weight excluding hydrogens is 224 g/mol. The third-order valence-corrected chi connectivity index (χ3v) is 3.24. The van der Waals surface area contributed by atoms with Gasteiger partial charge in [-0.25, -0.2) is 0 Å². The lowest BCUT2D eigenvalue weighted by Crippen LogP contribution is -2.18. The minimum absolute atomic E-state index is 0.587. The molecule has 3 heteroatoms. The van der Waals surface area contributed by atoms with Gasteiger partial charge < -0.3 is 15.4 Å². The van der Waals surface area contributed by atoms with Crippen LogP contribution in [0.5, 0.6) is 5.75 Å². The largest absolute Gasteiger partial charge is 0.493 e. The van der Waals surface area contributed by atoms with Gasteiger partial charge in [-0.15, -0.1) is 0 Å². The van der Waals surface area contributed by atoms with Crippen LogP contribution in [-0.4, -0.2) is 13.3 Å². The van der Waals surface area contributed by atoms with Crippen molar-refractivity contribution in [1.82, 2.24) is 10.6 Å². The van der Waals surface area contributed by atoms with Gasteiger partial charge in [-0.05, 0) is 30.4 Å². The molecule has 1 aromatic carbocycles. The molecular formula is C15H22N2O. The van der Waals surface area contributed by atoms with E-state index in [1.54, 1.807) is 0 Å². The van der Waals surface area contributed by atoms with E-state index in [1.807, 2.05) is 19.9 Å². The molecule has 0 spiro atoms. The molecule has 2 N–H and O–H groups in total. The minimum Gasteiger partial charge on any atom is -0.493 e. The summed E-state index contributed by atoms with van der Waals surface area (Å²) in [7, 11) is 0. The van der Waals surface area contributed by atoms with Crippen LogP contribution in [0.25, 0.3) is 0 Å². The number of nitrogens with one attached hydrogen (secondary N) is 2. The highest BCUT2D eigenvalue weighted by molar-refractivity contribution is 5.38. The molecule has 0 saturated carbocycles. The molecule has 3 nitrogen and oxygen atoms in total. The maximum atomic E-state index is 5.66. The molecule has 2 aliphatic heterocycles. The second kappa shape index (κ2) is 6.34. The predicted molar refractivity (Wildman–Crippen MR) is 74.5 cm³/mol. The highest BCUT2D eigenvalue weighted by atomic mass is 16.5. The van der Waals surface area contributed by atoms with Crippen molar-refractivity contribution in [3.63, 3.8) is 0 Å². The van der Waals surface area contributed by atoms with E-state index in [0.717, 1.165) is 31.9 Å². The zero-order valence-electron chi connectivity index (χ0n) is 11.2. The van der Waals surface area contributed by atoms with Gasteiger partial charge in [0.05, 0.1) is 13.3 Å². The number of para-hydroxylation sites is 1. The Bertz CT molecular complexity index is 415.